The third-order valence-corrected chi connectivity index (χ3v) is 9.40. The molecule has 1 saturated heterocycles. The summed E-state index contributed by atoms with van der Waals surface area (Å²) in [5.74, 6) is 4.30. The first-order valence-electron chi connectivity index (χ1n) is 10.1. The maximum atomic E-state index is 12.2. The molecule has 2 heteroatoms. The second-order valence-electron chi connectivity index (χ2n) is 10.1. The zero-order valence-corrected chi connectivity index (χ0v) is 15.0. The van der Waals surface area contributed by atoms with E-state index in [1.807, 2.05) is 6.92 Å². The number of carbonyl (C=O) groups is 1. The molecule has 4 aliphatic carbocycles. The van der Waals surface area contributed by atoms with E-state index in [1.165, 1.54) is 44.9 Å². The van der Waals surface area contributed by atoms with Crippen molar-refractivity contribution in [1.82, 2.24) is 0 Å². The number of hydrogen-bond acceptors (Lipinski definition) is 2. The monoisotopic (exact) mass is 316 g/mol. The first-order valence-corrected chi connectivity index (χ1v) is 10.1. The van der Waals surface area contributed by atoms with E-state index in [1.54, 1.807) is 0 Å². The molecule has 4 saturated carbocycles. The van der Waals surface area contributed by atoms with Gasteiger partial charge in [0.15, 0.2) is 0 Å². The van der Waals surface area contributed by atoms with E-state index in [2.05, 4.69) is 13.8 Å². The first-order chi connectivity index (χ1) is 10.9. The summed E-state index contributed by atoms with van der Waals surface area (Å²) in [4.78, 5) is 12.2. The Morgan fingerprint density at radius 2 is 1.74 bits per heavy atom. The molecular weight excluding hydrogens is 284 g/mol. The molecular formula is C21H32O2. The average molecular weight is 316 g/mol. The maximum Gasteiger partial charge on any atom is 0.133 e. The molecule has 0 radical (unpaired) electrons. The van der Waals surface area contributed by atoms with Crippen molar-refractivity contribution in [2.75, 3.05) is 0 Å². The van der Waals surface area contributed by atoms with Crippen molar-refractivity contribution in [2.24, 2.45) is 40.4 Å². The Labute approximate surface area is 140 Å². The lowest BCUT2D eigenvalue weighted by Crippen LogP contribution is -2.54. The Morgan fingerprint density at radius 3 is 2.52 bits per heavy atom. The van der Waals surface area contributed by atoms with Crippen molar-refractivity contribution in [3.63, 3.8) is 0 Å². The summed E-state index contributed by atoms with van der Waals surface area (Å²) in [7, 11) is 0. The molecule has 0 aromatic rings. The molecule has 0 aromatic carbocycles. The van der Waals surface area contributed by atoms with E-state index in [0.29, 0.717) is 34.7 Å². The van der Waals surface area contributed by atoms with Gasteiger partial charge in [-0.05, 0) is 92.8 Å². The Morgan fingerprint density at radius 1 is 0.957 bits per heavy atom. The third-order valence-electron chi connectivity index (χ3n) is 9.40. The number of epoxide rings is 1. The molecule has 5 fully saturated rings. The maximum absolute atomic E-state index is 12.2. The van der Waals surface area contributed by atoms with Crippen LogP contribution in [-0.4, -0.2) is 18.0 Å². The minimum atomic E-state index is 0.309. The molecule has 0 bridgehead atoms. The quantitative estimate of drug-likeness (QED) is 0.661. The normalized spacial score (nSPS) is 60.2. The van der Waals surface area contributed by atoms with E-state index < -0.39 is 0 Å². The van der Waals surface area contributed by atoms with Crippen LogP contribution in [0.1, 0.15) is 72.1 Å². The molecule has 0 spiro atoms. The Bertz CT molecular complexity index is 542. The van der Waals surface area contributed by atoms with Gasteiger partial charge < -0.3 is 4.74 Å². The predicted molar refractivity (Wildman–Crippen MR) is 89.9 cm³/mol. The molecule has 0 N–H and O–H groups in total. The summed E-state index contributed by atoms with van der Waals surface area (Å²) >= 11 is 0. The zero-order valence-electron chi connectivity index (χ0n) is 15.0. The van der Waals surface area contributed by atoms with Crippen molar-refractivity contribution in [1.29, 1.82) is 0 Å². The van der Waals surface area contributed by atoms with Crippen LogP contribution in [0.3, 0.4) is 0 Å². The molecule has 1 aliphatic heterocycles. The summed E-state index contributed by atoms with van der Waals surface area (Å²) in [6.45, 7) is 6.91. The van der Waals surface area contributed by atoms with Crippen LogP contribution in [0.2, 0.25) is 0 Å². The van der Waals surface area contributed by atoms with Gasteiger partial charge in [0.2, 0.25) is 0 Å². The van der Waals surface area contributed by atoms with Crippen LogP contribution in [0.4, 0.5) is 0 Å². The van der Waals surface area contributed by atoms with Crippen LogP contribution < -0.4 is 0 Å². The van der Waals surface area contributed by atoms with E-state index in [0.717, 1.165) is 30.1 Å². The fraction of sp³-hybridized carbons (Fsp3) is 0.952. The standard InChI is InChI=1S/C21H32O2/c1-12(22)15-6-7-16-14-5-4-13-10-18-19(23-18)11-21(13,3)17(14)8-9-20(15,16)2/h13-19H,4-11H2,1-3H3/t13-,14-,15+,16-,17-,18?,19+,20+,21-/m0/s1. The topological polar surface area (TPSA) is 29.6 Å². The molecule has 0 aromatic heterocycles. The Hall–Kier alpha value is -0.370. The van der Waals surface area contributed by atoms with Crippen molar-refractivity contribution < 1.29 is 9.53 Å². The van der Waals surface area contributed by atoms with E-state index in [4.69, 9.17) is 4.74 Å². The fourth-order valence-corrected chi connectivity index (χ4v) is 8.19. The van der Waals surface area contributed by atoms with Crippen LogP contribution in [0.25, 0.3) is 0 Å². The smallest absolute Gasteiger partial charge is 0.133 e. The molecule has 9 atom stereocenters. The van der Waals surface area contributed by atoms with Gasteiger partial charge in [-0.2, -0.15) is 0 Å². The number of hydrogen-bond donors (Lipinski definition) is 0. The number of Topliss-reactive ketones (excluding diaryl/α,β-unsaturated/α-hetero) is 1. The summed E-state index contributed by atoms with van der Waals surface area (Å²) in [5, 5.41) is 0. The lowest BCUT2D eigenvalue weighted by molar-refractivity contribution is -0.132. The van der Waals surface area contributed by atoms with Crippen molar-refractivity contribution in [3.8, 4) is 0 Å². The molecule has 1 heterocycles. The van der Waals surface area contributed by atoms with Gasteiger partial charge >= 0.3 is 0 Å². The second-order valence-corrected chi connectivity index (χ2v) is 10.1. The Kier molecular flexibility index (Phi) is 3.00. The third kappa shape index (κ3) is 1.88. The van der Waals surface area contributed by atoms with Crippen molar-refractivity contribution >= 4 is 5.78 Å². The van der Waals surface area contributed by atoms with Gasteiger partial charge in [-0.1, -0.05) is 13.8 Å². The first kappa shape index (κ1) is 14.9. The van der Waals surface area contributed by atoms with Gasteiger partial charge in [-0.25, -0.2) is 0 Å². The number of ketones is 1. The van der Waals surface area contributed by atoms with E-state index in [9.17, 15) is 4.79 Å². The van der Waals surface area contributed by atoms with Gasteiger partial charge in [-0.3, -0.25) is 4.79 Å². The average Bonchev–Trinajstić information content (AvgIpc) is 3.13. The minimum absolute atomic E-state index is 0.309. The molecule has 0 amide bonds. The molecule has 23 heavy (non-hydrogen) atoms. The van der Waals surface area contributed by atoms with Gasteiger partial charge in [-0.15, -0.1) is 0 Å². The van der Waals surface area contributed by atoms with Crippen LogP contribution in [0.15, 0.2) is 0 Å². The highest BCUT2D eigenvalue weighted by Crippen LogP contribution is 2.68. The minimum Gasteiger partial charge on any atom is -0.370 e. The lowest BCUT2D eigenvalue weighted by Gasteiger charge is -2.59. The number of ether oxygens (including phenoxy) is 1. The molecule has 5 aliphatic rings. The fourth-order valence-electron chi connectivity index (χ4n) is 8.19. The summed E-state index contributed by atoms with van der Waals surface area (Å²) < 4.78 is 5.92. The number of fused-ring (bicyclic) bond motifs is 6. The van der Waals surface area contributed by atoms with Crippen LogP contribution >= 0.6 is 0 Å². The highest BCUT2D eigenvalue weighted by molar-refractivity contribution is 5.79. The summed E-state index contributed by atoms with van der Waals surface area (Å²) in [5.41, 5.74) is 0.833. The van der Waals surface area contributed by atoms with Crippen LogP contribution in [0.5, 0.6) is 0 Å². The van der Waals surface area contributed by atoms with Crippen molar-refractivity contribution in [2.45, 2.75) is 84.3 Å². The van der Waals surface area contributed by atoms with Crippen molar-refractivity contribution in [3.05, 3.63) is 0 Å². The molecule has 128 valence electrons. The summed E-state index contributed by atoms with van der Waals surface area (Å²) in [6, 6.07) is 0. The van der Waals surface area contributed by atoms with E-state index in [-0.39, 0.29) is 0 Å². The highest BCUT2D eigenvalue weighted by atomic mass is 16.6. The molecule has 1 unspecified atom stereocenters. The molecule has 5 rings (SSSR count). The van der Waals surface area contributed by atoms with Gasteiger partial charge in [0.05, 0.1) is 12.2 Å². The van der Waals surface area contributed by atoms with E-state index >= 15 is 0 Å². The predicted octanol–water partition coefficient (Wildman–Crippen LogP) is 4.61. The van der Waals surface area contributed by atoms with Gasteiger partial charge in [0, 0.05) is 5.92 Å². The number of carbonyl (C=O) groups excluding carboxylic acids is 1. The zero-order chi connectivity index (χ0) is 16.0. The SMILES string of the molecule is CC(=O)[C@H]1CC[C@H]2[C@@H]3CC[C@H]4CC5O[C@@H]5C[C@]4(C)[C@H]3CC[C@]12C. The van der Waals surface area contributed by atoms with Crippen LogP contribution in [0, 0.1) is 40.4 Å². The molecule has 2 nitrogen and oxygen atoms in total. The lowest BCUT2D eigenvalue weighted by atomic mass is 9.45. The summed E-state index contributed by atoms with van der Waals surface area (Å²) in [6.07, 6.45) is 11.8. The van der Waals surface area contributed by atoms with Gasteiger partial charge in [0.25, 0.3) is 0 Å². The second kappa shape index (κ2) is 4.62. The van der Waals surface area contributed by atoms with Crippen LogP contribution in [-0.2, 0) is 9.53 Å². The van der Waals surface area contributed by atoms with Gasteiger partial charge in [0.1, 0.15) is 5.78 Å². The number of rotatable bonds is 1. The highest BCUT2D eigenvalue weighted by Gasteiger charge is 2.63. The Balaban J connectivity index is 1.46. The largest absolute Gasteiger partial charge is 0.370 e.